The van der Waals surface area contributed by atoms with E-state index in [1.165, 1.54) is 6.08 Å². The minimum Gasteiger partial charge on any atom is -0.509 e. The van der Waals surface area contributed by atoms with Crippen LogP contribution in [-0.4, -0.2) is 61.7 Å². The molecule has 6 nitrogen and oxygen atoms in total. The predicted octanol–water partition coefficient (Wildman–Crippen LogP) is -0.325. The molecular weight excluding hydrogens is 288 g/mol. The summed E-state index contributed by atoms with van der Waals surface area (Å²) in [4.78, 5) is 0. The number of benzene rings is 1. The predicted molar refractivity (Wildman–Crippen MR) is 73.2 cm³/mol. The molecule has 4 atom stereocenters. The standard InChI is InChI=1S/C13H17ClO6/c14-8-3-1-7(2-4-8)5-9(16)11(18)13(20)12(19)10(17)6-15/h1-5,10-13,15-20H,6H2/b9-5-/t10-,11-,12+,13-/m0/s1. The number of halogens is 1. The first-order valence-electron chi connectivity index (χ1n) is 5.86. The lowest BCUT2D eigenvalue weighted by Gasteiger charge is -2.25. The van der Waals surface area contributed by atoms with Crippen molar-refractivity contribution in [3.8, 4) is 0 Å². The summed E-state index contributed by atoms with van der Waals surface area (Å²) in [5.74, 6) is -0.594. The summed E-state index contributed by atoms with van der Waals surface area (Å²) in [6, 6.07) is 6.31. The van der Waals surface area contributed by atoms with Crippen molar-refractivity contribution in [1.82, 2.24) is 0 Å². The Labute approximate surface area is 120 Å². The highest BCUT2D eigenvalue weighted by Gasteiger charge is 2.32. The Balaban J connectivity index is 2.79. The lowest BCUT2D eigenvalue weighted by molar-refractivity contribution is -0.112. The van der Waals surface area contributed by atoms with E-state index < -0.39 is 36.8 Å². The zero-order valence-electron chi connectivity index (χ0n) is 10.5. The maximum Gasteiger partial charge on any atom is 0.139 e. The summed E-state index contributed by atoms with van der Waals surface area (Å²) in [7, 11) is 0. The highest BCUT2D eigenvalue weighted by atomic mass is 35.5. The van der Waals surface area contributed by atoms with Crippen LogP contribution in [0.15, 0.2) is 30.0 Å². The average molecular weight is 305 g/mol. The quantitative estimate of drug-likeness (QED) is 0.400. The van der Waals surface area contributed by atoms with Gasteiger partial charge >= 0.3 is 0 Å². The van der Waals surface area contributed by atoms with Crippen LogP contribution >= 0.6 is 11.6 Å². The van der Waals surface area contributed by atoms with E-state index in [2.05, 4.69) is 0 Å². The van der Waals surface area contributed by atoms with Crippen molar-refractivity contribution in [2.24, 2.45) is 0 Å². The monoisotopic (exact) mass is 304 g/mol. The Morgan fingerprint density at radius 3 is 2.10 bits per heavy atom. The second-order valence-corrected chi connectivity index (χ2v) is 4.73. The number of aliphatic hydroxyl groups is 6. The van der Waals surface area contributed by atoms with Crippen LogP contribution in [0, 0.1) is 0 Å². The van der Waals surface area contributed by atoms with Crippen molar-refractivity contribution in [2.45, 2.75) is 24.4 Å². The molecule has 20 heavy (non-hydrogen) atoms. The third-order valence-electron chi connectivity index (χ3n) is 2.74. The first kappa shape index (κ1) is 16.9. The number of aliphatic hydroxyl groups excluding tert-OH is 6. The number of rotatable bonds is 6. The smallest absolute Gasteiger partial charge is 0.139 e. The molecule has 0 radical (unpaired) electrons. The van der Waals surface area contributed by atoms with Gasteiger partial charge in [-0.2, -0.15) is 0 Å². The van der Waals surface area contributed by atoms with E-state index in [0.717, 1.165) is 0 Å². The molecule has 7 heteroatoms. The summed E-state index contributed by atoms with van der Waals surface area (Å²) in [6.07, 6.45) is -5.89. The maximum absolute atomic E-state index is 9.68. The van der Waals surface area contributed by atoms with Crippen LogP contribution in [0.1, 0.15) is 5.56 Å². The molecule has 1 rings (SSSR count). The first-order valence-corrected chi connectivity index (χ1v) is 6.24. The SMILES string of the molecule is OC[C@H](O)[C@@H](O)[C@@H](O)[C@@H](O)/C(O)=C/c1ccc(Cl)cc1. The van der Waals surface area contributed by atoms with Gasteiger partial charge in [0.2, 0.25) is 0 Å². The molecule has 6 N–H and O–H groups in total. The van der Waals surface area contributed by atoms with Crippen molar-refractivity contribution in [3.63, 3.8) is 0 Å². The van der Waals surface area contributed by atoms with E-state index in [4.69, 9.17) is 21.8 Å². The summed E-state index contributed by atoms with van der Waals surface area (Å²) in [5, 5.41) is 56.7. The fraction of sp³-hybridized carbons (Fsp3) is 0.385. The molecule has 0 fully saturated rings. The van der Waals surface area contributed by atoms with Gasteiger partial charge in [-0.05, 0) is 23.8 Å². The van der Waals surface area contributed by atoms with Crippen LogP contribution in [0.25, 0.3) is 6.08 Å². The third kappa shape index (κ3) is 4.45. The molecule has 1 aromatic carbocycles. The van der Waals surface area contributed by atoms with E-state index in [-0.39, 0.29) is 0 Å². The van der Waals surface area contributed by atoms with Crippen LogP contribution in [0.2, 0.25) is 5.02 Å². The average Bonchev–Trinajstić information content (AvgIpc) is 2.46. The largest absolute Gasteiger partial charge is 0.509 e. The summed E-state index contributed by atoms with van der Waals surface area (Å²) in [5.41, 5.74) is 0.523. The van der Waals surface area contributed by atoms with Gasteiger partial charge in [0, 0.05) is 5.02 Å². The second kappa shape index (κ2) is 7.58. The van der Waals surface area contributed by atoms with Crippen LogP contribution in [0.4, 0.5) is 0 Å². The zero-order valence-corrected chi connectivity index (χ0v) is 11.2. The maximum atomic E-state index is 9.68. The fourth-order valence-electron chi connectivity index (χ4n) is 1.51. The molecule has 0 aliphatic heterocycles. The molecule has 112 valence electrons. The third-order valence-corrected chi connectivity index (χ3v) is 2.99. The minimum atomic E-state index is -1.85. The first-order chi connectivity index (χ1) is 9.36. The molecule has 1 aromatic rings. The summed E-state index contributed by atoms with van der Waals surface area (Å²) < 4.78 is 0. The fourth-order valence-corrected chi connectivity index (χ4v) is 1.64. The van der Waals surface area contributed by atoms with E-state index in [1.807, 2.05) is 0 Å². The lowest BCUT2D eigenvalue weighted by atomic mass is 10.0. The number of hydrogen-bond acceptors (Lipinski definition) is 6. The van der Waals surface area contributed by atoms with Crippen molar-refractivity contribution in [3.05, 3.63) is 40.6 Å². The van der Waals surface area contributed by atoms with E-state index >= 15 is 0 Å². The van der Waals surface area contributed by atoms with Gasteiger partial charge in [0.1, 0.15) is 30.2 Å². The molecule has 0 bridgehead atoms. The Morgan fingerprint density at radius 1 is 1.05 bits per heavy atom. The Bertz CT molecular complexity index is 447. The Hall–Kier alpha value is -1.15. The van der Waals surface area contributed by atoms with Gasteiger partial charge in [-0.3, -0.25) is 0 Å². The minimum absolute atomic E-state index is 0.503. The van der Waals surface area contributed by atoms with E-state index in [0.29, 0.717) is 10.6 Å². The molecular formula is C13H17ClO6. The molecule has 0 aliphatic rings. The molecule has 0 aromatic heterocycles. The summed E-state index contributed by atoms with van der Waals surface area (Å²) in [6.45, 7) is -0.785. The Kier molecular flexibility index (Phi) is 6.41. The normalized spacial score (nSPS) is 18.4. The van der Waals surface area contributed by atoms with Gasteiger partial charge in [0.25, 0.3) is 0 Å². The lowest BCUT2D eigenvalue weighted by Crippen LogP contribution is -2.46. The molecule has 0 heterocycles. The van der Waals surface area contributed by atoms with Gasteiger partial charge in [-0.15, -0.1) is 0 Å². The van der Waals surface area contributed by atoms with Crippen LogP contribution in [0.5, 0.6) is 0 Å². The van der Waals surface area contributed by atoms with Crippen molar-refractivity contribution >= 4 is 17.7 Å². The molecule has 0 unspecified atom stereocenters. The molecule has 0 spiro atoms. The van der Waals surface area contributed by atoms with Gasteiger partial charge in [-0.1, -0.05) is 23.7 Å². The summed E-state index contributed by atoms with van der Waals surface area (Å²) >= 11 is 5.70. The van der Waals surface area contributed by atoms with Gasteiger partial charge < -0.3 is 30.6 Å². The van der Waals surface area contributed by atoms with E-state index in [1.54, 1.807) is 24.3 Å². The molecule has 0 aliphatic carbocycles. The highest BCUT2D eigenvalue weighted by Crippen LogP contribution is 2.16. The topological polar surface area (TPSA) is 121 Å². The second-order valence-electron chi connectivity index (χ2n) is 4.30. The van der Waals surface area contributed by atoms with Crippen LogP contribution in [0.3, 0.4) is 0 Å². The van der Waals surface area contributed by atoms with Crippen molar-refractivity contribution in [2.75, 3.05) is 6.61 Å². The Morgan fingerprint density at radius 2 is 1.60 bits per heavy atom. The zero-order chi connectivity index (χ0) is 15.3. The highest BCUT2D eigenvalue weighted by molar-refractivity contribution is 6.30. The van der Waals surface area contributed by atoms with E-state index in [9.17, 15) is 20.4 Å². The van der Waals surface area contributed by atoms with Crippen LogP contribution in [-0.2, 0) is 0 Å². The number of hydrogen-bond donors (Lipinski definition) is 6. The molecule has 0 amide bonds. The van der Waals surface area contributed by atoms with Crippen molar-refractivity contribution < 1.29 is 30.6 Å². The van der Waals surface area contributed by atoms with Gasteiger partial charge in [0.05, 0.1) is 6.61 Å². The van der Waals surface area contributed by atoms with Gasteiger partial charge in [-0.25, -0.2) is 0 Å². The van der Waals surface area contributed by atoms with Crippen LogP contribution < -0.4 is 0 Å². The molecule has 0 saturated carbocycles. The molecule has 0 saturated heterocycles. The van der Waals surface area contributed by atoms with Crippen molar-refractivity contribution in [1.29, 1.82) is 0 Å². The van der Waals surface area contributed by atoms with Gasteiger partial charge in [0.15, 0.2) is 0 Å².